The van der Waals surface area contributed by atoms with Crippen molar-refractivity contribution in [2.75, 3.05) is 19.6 Å². The van der Waals surface area contributed by atoms with Gasteiger partial charge in [0, 0.05) is 36.9 Å². The molecule has 1 atom stereocenters. The number of hydrogen-bond donors (Lipinski definition) is 3. The molecule has 3 N–H and O–H groups in total. The van der Waals surface area contributed by atoms with E-state index in [0.29, 0.717) is 12.0 Å². The average Bonchev–Trinajstić information content (AvgIpc) is 3.67. The standard InChI is InChI=1S/C37H45N7O/c1-22-12-23(2)14-27(13-22)33-32(24(3)17-38-11-10-26-15-31-35(39-18-26)42-21-41-31)30-16-28(19-40-34(30)43-33)37(4,5)36(45)44-20-25-6-8-29(44)9-7-25/h12-16,18-19,21,24-25,29,38H,6-11,17,20H2,1-5H3,(H,40,43)(H,39,41,42). The van der Waals surface area contributed by atoms with Gasteiger partial charge in [0.15, 0.2) is 5.65 Å². The monoisotopic (exact) mass is 603 g/mol. The van der Waals surface area contributed by atoms with E-state index in [1.54, 1.807) is 6.33 Å². The molecule has 1 amide bonds. The lowest BCUT2D eigenvalue weighted by atomic mass is 9.76. The van der Waals surface area contributed by atoms with Crippen molar-refractivity contribution in [3.63, 3.8) is 0 Å². The summed E-state index contributed by atoms with van der Waals surface area (Å²) in [6.45, 7) is 13.3. The van der Waals surface area contributed by atoms with E-state index in [-0.39, 0.29) is 11.8 Å². The molecule has 0 spiro atoms. The van der Waals surface area contributed by atoms with E-state index in [9.17, 15) is 4.79 Å². The molecule has 3 aliphatic rings. The second-order valence-electron chi connectivity index (χ2n) is 14.1. The van der Waals surface area contributed by atoms with E-state index in [1.165, 1.54) is 40.7 Å². The summed E-state index contributed by atoms with van der Waals surface area (Å²) in [5.41, 5.74) is 10.1. The lowest BCUT2D eigenvalue weighted by Crippen LogP contribution is -2.55. The van der Waals surface area contributed by atoms with Gasteiger partial charge in [-0.2, -0.15) is 0 Å². The van der Waals surface area contributed by atoms with Gasteiger partial charge >= 0.3 is 0 Å². The molecule has 8 nitrogen and oxygen atoms in total. The second-order valence-corrected chi connectivity index (χ2v) is 14.1. The van der Waals surface area contributed by atoms with Gasteiger partial charge in [0.05, 0.1) is 23.0 Å². The number of nitrogens with zero attached hydrogens (tertiary/aromatic N) is 4. The Morgan fingerprint density at radius 3 is 2.53 bits per heavy atom. The number of benzene rings is 1. The summed E-state index contributed by atoms with van der Waals surface area (Å²) in [6.07, 6.45) is 11.2. The molecule has 6 heterocycles. The Balaban J connectivity index is 1.18. The van der Waals surface area contributed by atoms with Crippen LogP contribution in [0.1, 0.15) is 80.2 Å². The summed E-state index contributed by atoms with van der Waals surface area (Å²) < 4.78 is 0. The Labute approximate surface area is 265 Å². The van der Waals surface area contributed by atoms with E-state index in [1.807, 2.05) is 12.4 Å². The Hall–Kier alpha value is -4.04. The van der Waals surface area contributed by atoms with Gasteiger partial charge in [0.2, 0.25) is 5.91 Å². The summed E-state index contributed by atoms with van der Waals surface area (Å²) in [4.78, 5) is 36.8. The second kappa shape index (κ2) is 11.7. The zero-order valence-electron chi connectivity index (χ0n) is 27.2. The Morgan fingerprint density at radius 1 is 1.02 bits per heavy atom. The quantitative estimate of drug-likeness (QED) is 0.162. The first kappa shape index (κ1) is 29.7. The number of H-pyrrole nitrogens is 2. The molecule has 45 heavy (non-hydrogen) atoms. The minimum absolute atomic E-state index is 0.205. The molecule has 234 valence electrons. The lowest BCUT2D eigenvalue weighted by Gasteiger charge is -2.47. The first-order valence-corrected chi connectivity index (χ1v) is 16.6. The highest BCUT2D eigenvalue weighted by molar-refractivity contribution is 5.93. The molecule has 2 bridgehead atoms. The fraction of sp³-hybridized carbons (Fsp3) is 0.459. The van der Waals surface area contributed by atoms with Crippen molar-refractivity contribution >= 4 is 28.1 Å². The van der Waals surface area contributed by atoms with Gasteiger partial charge in [0.25, 0.3) is 0 Å². The first-order valence-electron chi connectivity index (χ1n) is 16.6. The number of rotatable bonds is 9. The molecule has 2 saturated heterocycles. The zero-order valence-corrected chi connectivity index (χ0v) is 27.2. The van der Waals surface area contributed by atoms with E-state index < -0.39 is 5.41 Å². The van der Waals surface area contributed by atoms with Gasteiger partial charge < -0.3 is 20.2 Å². The topological polar surface area (TPSA) is 103 Å². The third kappa shape index (κ3) is 5.65. The maximum Gasteiger partial charge on any atom is 0.232 e. The number of nitrogens with one attached hydrogen (secondary N) is 3. The van der Waals surface area contributed by atoms with Crippen LogP contribution in [0.4, 0.5) is 0 Å². The molecule has 1 aliphatic carbocycles. The van der Waals surface area contributed by atoms with E-state index >= 15 is 0 Å². The molecular weight excluding hydrogens is 558 g/mol. The van der Waals surface area contributed by atoms with E-state index in [4.69, 9.17) is 4.98 Å². The van der Waals surface area contributed by atoms with Crippen LogP contribution in [-0.4, -0.2) is 61.4 Å². The minimum atomic E-state index is -0.654. The number of carbonyl (C=O) groups is 1. The molecule has 1 saturated carbocycles. The predicted molar refractivity (Wildman–Crippen MR) is 180 cm³/mol. The number of aromatic amines is 2. The Morgan fingerprint density at radius 2 is 1.80 bits per heavy atom. The van der Waals surface area contributed by atoms with Crippen molar-refractivity contribution in [3.8, 4) is 11.3 Å². The number of imidazole rings is 1. The maximum absolute atomic E-state index is 14.1. The van der Waals surface area contributed by atoms with Crippen molar-refractivity contribution < 1.29 is 4.79 Å². The number of piperidine rings is 2. The number of amides is 1. The highest BCUT2D eigenvalue weighted by Gasteiger charge is 2.42. The molecular formula is C37H45N7O. The molecule has 8 rings (SSSR count). The van der Waals surface area contributed by atoms with Crippen LogP contribution in [-0.2, 0) is 16.6 Å². The Kier molecular flexibility index (Phi) is 7.72. The van der Waals surface area contributed by atoms with Gasteiger partial charge in [-0.3, -0.25) is 4.79 Å². The largest absolute Gasteiger partial charge is 0.343 e. The smallest absolute Gasteiger partial charge is 0.232 e. The number of aryl methyl sites for hydroxylation is 2. The molecule has 1 aromatic carbocycles. The predicted octanol–water partition coefficient (Wildman–Crippen LogP) is 6.73. The van der Waals surface area contributed by atoms with Gasteiger partial charge in [0.1, 0.15) is 5.65 Å². The molecule has 8 heteroatoms. The Bertz CT molecular complexity index is 1840. The lowest BCUT2D eigenvalue weighted by molar-refractivity contribution is -0.144. The summed E-state index contributed by atoms with van der Waals surface area (Å²) in [5, 5.41) is 4.81. The van der Waals surface area contributed by atoms with Gasteiger partial charge in [-0.1, -0.05) is 24.1 Å². The third-order valence-electron chi connectivity index (χ3n) is 10.3. The van der Waals surface area contributed by atoms with Crippen molar-refractivity contribution in [1.82, 2.24) is 35.1 Å². The number of carbonyl (C=O) groups excluding carboxylic acids is 1. The van der Waals surface area contributed by atoms with Crippen molar-refractivity contribution in [3.05, 3.63) is 76.9 Å². The molecule has 0 radical (unpaired) electrons. The fourth-order valence-corrected chi connectivity index (χ4v) is 7.75. The van der Waals surface area contributed by atoms with Crippen LogP contribution in [0.5, 0.6) is 0 Å². The van der Waals surface area contributed by atoms with Gasteiger partial charge in [-0.05, 0) is 125 Å². The maximum atomic E-state index is 14.1. The van der Waals surface area contributed by atoms with Crippen LogP contribution < -0.4 is 5.32 Å². The summed E-state index contributed by atoms with van der Waals surface area (Å²) >= 11 is 0. The summed E-state index contributed by atoms with van der Waals surface area (Å²) in [7, 11) is 0. The minimum Gasteiger partial charge on any atom is -0.343 e. The number of fused-ring (bicyclic) bond motifs is 5. The first-order chi connectivity index (χ1) is 21.7. The molecule has 2 aliphatic heterocycles. The van der Waals surface area contributed by atoms with Crippen molar-refractivity contribution in [2.45, 2.75) is 84.1 Å². The van der Waals surface area contributed by atoms with E-state index in [2.05, 4.69) is 95.1 Å². The molecule has 4 aromatic heterocycles. The highest BCUT2D eigenvalue weighted by Crippen LogP contribution is 2.40. The number of hydrogen-bond acceptors (Lipinski definition) is 5. The molecule has 3 fully saturated rings. The number of aromatic nitrogens is 5. The van der Waals surface area contributed by atoms with Gasteiger partial charge in [-0.25, -0.2) is 15.0 Å². The van der Waals surface area contributed by atoms with Crippen LogP contribution >= 0.6 is 0 Å². The molecule has 1 unspecified atom stereocenters. The van der Waals surface area contributed by atoms with Crippen molar-refractivity contribution in [1.29, 1.82) is 0 Å². The van der Waals surface area contributed by atoms with Crippen LogP contribution in [0.25, 0.3) is 33.5 Å². The zero-order chi connectivity index (χ0) is 31.3. The summed E-state index contributed by atoms with van der Waals surface area (Å²) in [6, 6.07) is 11.5. The third-order valence-corrected chi connectivity index (χ3v) is 10.3. The van der Waals surface area contributed by atoms with Gasteiger partial charge in [-0.15, -0.1) is 0 Å². The molecule has 5 aromatic rings. The normalized spacial score (nSPS) is 19.1. The van der Waals surface area contributed by atoms with E-state index in [0.717, 1.165) is 72.4 Å². The average molecular weight is 604 g/mol. The van der Waals surface area contributed by atoms with Crippen LogP contribution in [0.15, 0.2) is 49.1 Å². The van der Waals surface area contributed by atoms with Crippen LogP contribution in [0, 0.1) is 19.8 Å². The SMILES string of the molecule is Cc1cc(C)cc(-c2[nH]c3ncc(C(C)(C)C(=O)N4CC5CCC4CC5)cc3c2C(C)CNCCc2cnc3nc[nH]c3c2)c1. The van der Waals surface area contributed by atoms with Crippen molar-refractivity contribution in [2.24, 2.45) is 5.92 Å². The summed E-state index contributed by atoms with van der Waals surface area (Å²) in [5.74, 6) is 1.10. The van der Waals surface area contributed by atoms with Crippen LogP contribution in [0.3, 0.4) is 0 Å². The fourth-order valence-electron chi connectivity index (χ4n) is 7.75. The highest BCUT2D eigenvalue weighted by atomic mass is 16.2. The number of pyridine rings is 2. The van der Waals surface area contributed by atoms with Crippen LogP contribution in [0.2, 0.25) is 0 Å².